The van der Waals surface area contributed by atoms with Gasteiger partial charge < -0.3 is 10.4 Å². The zero-order valence-electron chi connectivity index (χ0n) is 10.2. The van der Waals surface area contributed by atoms with Crippen molar-refractivity contribution in [2.24, 2.45) is 13.0 Å². The van der Waals surface area contributed by atoms with Gasteiger partial charge in [-0.1, -0.05) is 13.8 Å². The topological polar surface area (TPSA) is 84.2 Å². The molecule has 0 radical (unpaired) electrons. The van der Waals surface area contributed by atoms with E-state index < -0.39 is 17.9 Å². The van der Waals surface area contributed by atoms with Crippen LogP contribution < -0.4 is 5.32 Å². The van der Waals surface area contributed by atoms with Crippen molar-refractivity contribution >= 4 is 11.9 Å². The second-order valence-corrected chi connectivity index (χ2v) is 4.40. The van der Waals surface area contributed by atoms with Gasteiger partial charge in [-0.2, -0.15) is 5.10 Å². The van der Waals surface area contributed by atoms with Gasteiger partial charge >= 0.3 is 5.97 Å². The summed E-state index contributed by atoms with van der Waals surface area (Å²) in [4.78, 5) is 22.7. The van der Waals surface area contributed by atoms with Crippen LogP contribution >= 0.6 is 0 Å². The lowest BCUT2D eigenvalue weighted by Gasteiger charge is -2.15. The number of carbonyl (C=O) groups excluding carboxylic acids is 1. The fourth-order valence-electron chi connectivity index (χ4n) is 1.47. The number of amides is 1. The zero-order chi connectivity index (χ0) is 13.0. The van der Waals surface area contributed by atoms with Crippen LogP contribution in [0.5, 0.6) is 0 Å². The van der Waals surface area contributed by atoms with E-state index >= 15 is 0 Å². The van der Waals surface area contributed by atoms with Crippen molar-refractivity contribution in [3.8, 4) is 0 Å². The Morgan fingerprint density at radius 2 is 2.18 bits per heavy atom. The van der Waals surface area contributed by atoms with Gasteiger partial charge in [0.05, 0.1) is 11.8 Å². The van der Waals surface area contributed by atoms with Crippen molar-refractivity contribution in [3.63, 3.8) is 0 Å². The minimum atomic E-state index is -1.02. The number of aromatic nitrogens is 2. The lowest BCUT2D eigenvalue weighted by Crippen LogP contribution is -2.41. The first-order valence-corrected chi connectivity index (χ1v) is 5.42. The second-order valence-electron chi connectivity index (χ2n) is 4.40. The minimum absolute atomic E-state index is 0.199. The van der Waals surface area contributed by atoms with Gasteiger partial charge in [0, 0.05) is 13.2 Å². The van der Waals surface area contributed by atoms with Crippen LogP contribution in [-0.2, 0) is 11.8 Å². The van der Waals surface area contributed by atoms with Crippen LogP contribution in [-0.4, -0.2) is 32.8 Å². The molecule has 0 bridgehead atoms. The SMILES string of the molecule is CC(C)C[C@H](NC(=O)c1cnn(C)c1)C(=O)O. The highest BCUT2D eigenvalue weighted by atomic mass is 16.4. The molecule has 1 rings (SSSR count). The molecule has 0 aliphatic heterocycles. The highest BCUT2D eigenvalue weighted by Crippen LogP contribution is 2.06. The molecule has 1 aromatic heterocycles. The van der Waals surface area contributed by atoms with Crippen molar-refractivity contribution in [1.82, 2.24) is 15.1 Å². The third-order valence-corrected chi connectivity index (χ3v) is 2.28. The molecule has 1 amide bonds. The molecule has 1 aromatic rings. The molecule has 0 aromatic carbocycles. The molecule has 0 aliphatic carbocycles. The maximum atomic E-state index is 11.7. The van der Waals surface area contributed by atoms with E-state index in [1.165, 1.54) is 10.9 Å². The van der Waals surface area contributed by atoms with E-state index in [1.54, 1.807) is 13.2 Å². The number of rotatable bonds is 5. The Hall–Kier alpha value is -1.85. The molecule has 0 saturated heterocycles. The average molecular weight is 239 g/mol. The molecule has 94 valence electrons. The summed E-state index contributed by atoms with van der Waals surface area (Å²) in [5.41, 5.74) is 0.363. The van der Waals surface area contributed by atoms with Crippen LogP contribution in [0.4, 0.5) is 0 Å². The van der Waals surface area contributed by atoms with E-state index in [4.69, 9.17) is 5.11 Å². The van der Waals surface area contributed by atoms with E-state index in [0.29, 0.717) is 12.0 Å². The lowest BCUT2D eigenvalue weighted by molar-refractivity contribution is -0.139. The predicted octanol–water partition coefficient (Wildman–Crippen LogP) is 0.649. The maximum Gasteiger partial charge on any atom is 0.326 e. The summed E-state index contributed by atoms with van der Waals surface area (Å²) in [5.74, 6) is -1.23. The van der Waals surface area contributed by atoms with E-state index in [1.807, 2.05) is 13.8 Å². The fraction of sp³-hybridized carbons (Fsp3) is 0.545. The summed E-state index contributed by atoms with van der Waals surface area (Å²) in [7, 11) is 1.69. The van der Waals surface area contributed by atoms with E-state index in [0.717, 1.165) is 0 Å². The largest absolute Gasteiger partial charge is 0.480 e. The van der Waals surface area contributed by atoms with E-state index in [-0.39, 0.29) is 5.92 Å². The van der Waals surface area contributed by atoms with E-state index in [2.05, 4.69) is 10.4 Å². The second kappa shape index (κ2) is 5.47. The molecule has 17 heavy (non-hydrogen) atoms. The van der Waals surface area contributed by atoms with Gasteiger partial charge in [-0.3, -0.25) is 9.48 Å². The van der Waals surface area contributed by atoms with Crippen molar-refractivity contribution in [3.05, 3.63) is 18.0 Å². The van der Waals surface area contributed by atoms with Crippen molar-refractivity contribution in [2.45, 2.75) is 26.3 Å². The van der Waals surface area contributed by atoms with Gasteiger partial charge in [0.25, 0.3) is 5.91 Å². The standard InChI is InChI=1S/C11H17N3O3/c1-7(2)4-9(11(16)17)13-10(15)8-5-12-14(3)6-8/h5-7,9H,4H2,1-3H3,(H,13,15)(H,16,17)/t9-/m0/s1. The highest BCUT2D eigenvalue weighted by Gasteiger charge is 2.22. The molecule has 0 unspecified atom stereocenters. The number of nitrogens with one attached hydrogen (secondary N) is 1. The Kier molecular flexibility index (Phi) is 4.25. The molecule has 0 aliphatic rings. The number of carbonyl (C=O) groups is 2. The van der Waals surface area contributed by atoms with E-state index in [9.17, 15) is 9.59 Å². The molecular weight excluding hydrogens is 222 g/mol. The smallest absolute Gasteiger partial charge is 0.326 e. The Morgan fingerprint density at radius 1 is 1.53 bits per heavy atom. The van der Waals surface area contributed by atoms with Crippen LogP contribution in [0.15, 0.2) is 12.4 Å². The maximum absolute atomic E-state index is 11.7. The minimum Gasteiger partial charge on any atom is -0.480 e. The first-order valence-electron chi connectivity index (χ1n) is 5.42. The van der Waals surface area contributed by atoms with Crippen LogP contribution in [0.1, 0.15) is 30.6 Å². The quantitative estimate of drug-likeness (QED) is 0.790. The van der Waals surface area contributed by atoms with Crippen LogP contribution in [0.25, 0.3) is 0 Å². The summed E-state index contributed by atoms with van der Waals surface area (Å²) in [6.07, 6.45) is 3.36. The Labute approximate surface area is 99.6 Å². The fourth-order valence-corrected chi connectivity index (χ4v) is 1.47. The van der Waals surface area contributed by atoms with Gasteiger partial charge in [-0.25, -0.2) is 4.79 Å². The molecular formula is C11H17N3O3. The van der Waals surface area contributed by atoms with Crippen LogP contribution in [0.2, 0.25) is 0 Å². The first kappa shape index (κ1) is 13.2. The van der Waals surface area contributed by atoms with Crippen LogP contribution in [0, 0.1) is 5.92 Å². The van der Waals surface area contributed by atoms with Crippen molar-refractivity contribution < 1.29 is 14.7 Å². The Morgan fingerprint density at radius 3 is 2.59 bits per heavy atom. The summed E-state index contributed by atoms with van der Waals surface area (Å²) in [6, 6.07) is -0.859. The zero-order valence-corrected chi connectivity index (χ0v) is 10.2. The third kappa shape index (κ3) is 3.90. The molecule has 0 fully saturated rings. The van der Waals surface area contributed by atoms with Crippen molar-refractivity contribution in [1.29, 1.82) is 0 Å². The Balaban J connectivity index is 2.67. The number of nitrogens with zero attached hydrogens (tertiary/aromatic N) is 2. The molecule has 6 nitrogen and oxygen atoms in total. The van der Waals surface area contributed by atoms with Gasteiger partial charge in [0.2, 0.25) is 0 Å². The molecule has 6 heteroatoms. The van der Waals surface area contributed by atoms with Crippen LogP contribution in [0.3, 0.4) is 0 Å². The molecule has 2 N–H and O–H groups in total. The number of carboxylic acids is 1. The number of aliphatic carboxylic acids is 1. The average Bonchev–Trinajstić information content (AvgIpc) is 2.63. The number of carboxylic acid groups (broad SMARTS) is 1. The highest BCUT2D eigenvalue weighted by molar-refractivity contribution is 5.96. The summed E-state index contributed by atoms with van der Waals surface area (Å²) in [5, 5.41) is 15.3. The summed E-state index contributed by atoms with van der Waals surface area (Å²) >= 11 is 0. The summed E-state index contributed by atoms with van der Waals surface area (Å²) in [6.45, 7) is 3.82. The summed E-state index contributed by atoms with van der Waals surface area (Å²) < 4.78 is 1.49. The molecule has 0 spiro atoms. The first-order chi connectivity index (χ1) is 7.90. The van der Waals surface area contributed by atoms with Gasteiger partial charge in [0.15, 0.2) is 0 Å². The number of hydrogen-bond acceptors (Lipinski definition) is 3. The number of aryl methyl sites for hydroxylation is 1. The van der Waals surface area contributed by atoms with Gasteiger partial charge in [-0.05, 0) is 12.3 Å². The predicted molar refractivity (Wildman–Crippen MR) is 61.6 cm³/mol. The van der Waals surface area contributed by atoms with Gasteiger partial charge in [0.1, 0.15) is 6.04 Å². The third-order valence-electron chi connectivity index (χ3n) is 2.28. The van der Waals surface area contributed by atoms with Crippen molar-refractivity contribution in [2.75, 3.05) is 0 Å². The number of hydrogen-bond donors (Lipinski definition) is 2. The molecule has 0 saturated carbocycles. The molecule has 1 atom stereocenters. The lowest BCUT2D eigenvalue weighted by atomic mass is 10.0. The Bertz CT molecular complexity index is 412. The monoisotopic (exact) mass is 239 g/mol. The molecule has 1 heterocycles. The normalized spacial score (nSPS) is 12.5. The van der Waals surface area contributed by atoms with Gasteiger partial charge in [-0.15, -0.1) is 0 Å².